The molecule has 0 bridgehead atoms. The highest BCUT2D eigenvalue weighted by atomic mass is 35.5. The third-order valence-corrected chi connectivity index (χ3v) is 3.70. The summed E-state index contributed by atoms with van der Waals surface area (Å²) in [5, 5.41) is 17.4. The van der Waals surface area contributed by atoms with Crippen LogP contribution in [-0.2, 0) is 5.75 Å². The summed E-state index contributed by atoms with van der Waals surface area (Å²) in [6, 6.07) is 3.02. The number of furan rings is 1. The number of halogens is 1. The predicted octanol–water partition coefficient (Wildman–Crippen LogP) is 2.78. The van der Waals surface area contributed by atoms with Gasteiger partial charge in [-0.2, -0.15) is 0 Å². The monoisotopic (exact) mass is 276 g/mol. The summed E-state index contributed by atoms with van der Waals surface area (Å²) in [7, 11) is 0. The van der Waals surface area contributed by atoms with E-state index in [-0.39, 0.29) is 5.76 Å². The van der Waals surface area contributed by atoms with Gasteiger partial charge in [0.1, 0.15) is 5.01 Å². The molecule has 8 heteroatoms. The van der Waals surface area contributed by atoms with E-state index in [0.717, 1.165) is 5.01 Å². The van der Waals surface area contributed by atoms with E-state index in [4.69, 9.17) is 21.1 Å². The standard InChI is InChI=1S/C8H5ClN2O3S2/c9-8-11-10-5(16-8)3-15-6-2-1-4(14-6)7(12)13/h1-2H,3H2,(H,12,13). The third-order valence-electron chi connectivity index (χ3n) is 1.57. The largest absolute Gasteiger partial charge is 0.475 e. The van der Waals surface area contributed by atoms with E-state index in [1.807, 2.05) is 0 Å². The van der Waals surface area contributed by atoms with E-state index in [1.54, 1.807) is 6.07 Å². The summed E-state index contributed by atoms with van der Waals surface area (Å²) in [6.45, 7) is 0. The summed E-state index contributed by atoms with van der Waals surface area (Å²) in [6.07, 6.45) is 0. The second kappa shape index (κ2) is 4.86. The Bertz CT molecular complexity index is 511. The molecular weight excluding hydrogens is 272 g/mol. The van der Waals surface area contributed by atoms with Crippen LogP contribution in [0.4, 0.5) is 0 Å². The number of carbonyl (C=O) groups is 1. The number of nitrogens with zero attached hydrogens (tertiary/aromatic N) is 2. The van der Waals surface area contributed by atoms with Crippen molar-refractivity contribution in [3.05, 3.63) is 27.4 Å². The maximum atomic E-state index is 10.6. The molecule has 0 fully saturated rings. The molecule has 0 aromatic carbocycles. The molecular formula is C8H5ClN2O3S2. The Balaban J connectivity index is 1.97. The van der Waals surface area contributed by atoms with Crippen LogP contribution in [0.1, 0.15) is 15.6 Å². The molecule has 0 unspecified atom stereocenters. The molecule has 5 nitrogen and oxygen atoms in total. The van der Waals surface area contributed by atoms with Crippen LogP contribution in [0.5, 0.6) is 0 Å². The SMILES string of the molecule is O=C(O)c1ccc(SCc2nnc(Cl)s2)o1. The normalized spacial score (nSPS) is 10.6. The van der Waals surface area contributed by atoms with E-state index < -0.39 is 5.97 Å². The summed E-state index contributed by atoms with van der Waals surface area (Å²) in [4.78, 5) is 10.6. The summed E-state index contributed by atoms with van der Waals surface area (Å²) < 4.78 is 5.45. The van der Waals surface area contributed by atoms with Gasteiger partial charge in [0, 0.05) is 0 Å². The number of carboxylic acid groups (broad SMARTS) is 1. The molecule has 0 aliphatic carbocycles. The minimum atomic E-state index is -1.08. The first-order valence-corrected chi connectivity index (χ1v) is 6.27. The number of aromatic carboxylic acids is 1. The molecule has 0 radical (unpaired) electrons. The van der Waals surface area contributed by atoms with Crippen LogP contribution in [-0.4, -0.2) is 21.3 Å². The van der Waals surface area contributed by atoms with E-state index in [2.05, 4.69) is 10.2 Å². The number of rotatable bonds is 4. The van der Waals surface area contributed by atoms with Crippen molar-refractivity contribution in [3.8, 4) is 0 Å². The smallest absolute Gasteiger partial charge is 0.371 e. The minimum Gasteiger partial charge on any atom is -0.475 e. The van der Waals surface area contributed by atoms with Gasteiger partial charge in [-0.1, -0.05) is 23.1 Å². The lowest BCUT2D eigenvalue weighted by Crippen LogP contribution is -1.91. The summed E-state index contributed by atoms with van der Waals surface area (Å²) in [5.41, 5.74) is 0. The minimum absolute atomic E-state index is 0.0715. The van der Waals surface area contributed by atoms with Gasteiger partial charge in [0.25, 0.3) is 0 Å². The quantitative estimate of drug-likeness (QED) is 0.866. The van der Waals surface area contributed by atoms with Gasteiger partial charge >= 0.3 is 5.97 Å². The number of hydrogen-bond acceptors (Lipinski definition) is 6. The number of thioether (sulfide) groups is 1. The van der Waals surface area contributed by atoms with Gasteiger partial charge in [-0.3, -0.25) is 0 Å². The van der Waals surface area contributed by atoms with Gasteiger partial charge in [0.2, 0.25) is 10.2 Å². The van der Waals surface area contributed by atoms with Gasteiger partial charge in [0.05, 0.1) is 5.75 Å². The van der Waals surface area contributed by atoms with E-state index in [0.29, 0.717) is 15.3 Å². The zero-order valence-electron chi connectivity index (χ0n) is 7.71. The fourth-order valence-electron chi connectivity index (χ4n) is 0.937. The van der Waals surface area contributed by atoms with E-state index >= 15 is 0 Å². The lowest BCUT2D eigenvalue weighted by atomic mass is 10.5. The third kappa shape index (κ3) is 2.75. The molecule has 0 aliphatic heterocycles. The molecule has 0 aliphatic rings. The van der Waals surface area contributed by atoms with Crippen LogP contribution in [0.3, 0.4) is 0 Å². The molecule has 2 aromatic rings. The highest BCUT2D eigenvalue weighted by Gasteiger charge is 2.10. The molecule has 0 atom stereocenters. The summed E-state index contributed by atoms with van der Waals surface area (Å²) in [5.74, 6) is -0.597. The van der Waals surface area contributed by atoms with Crippen LogP contribution in [0, 0.1) is 0 Å². The lowest BCUT2D eigenvalue weighted by molar-refractivity contribution is 0.0656. The number of carboxylic acids is 1. The molecule has 0 spiro atoms. The zero-order valence-corrected chi connectivity index (χ0v) is 10.1. The fraction of sp³-hybridized carbons (Fsp3) is 0.125. The van der Waals surface area contributed by atoms with Crippen LogP contribution >= 0.6 is 34.7 Å². The fourth-order valence-corrected chi connectivity index (χ4v) is 2.65. The van der Waals surface area contributed by atoms with Crippen molar-refractivity contribution in [2.24, 2.45) is 0 Å². The van der Waals surface area contributed by atoms with Gasteiger partial charge in [0.15, 0.2) is 5.09 Å². The van der Waals surface area contributed by atoms with E-state index in [9.17, 15) is 4.79 Å². The van der Waals surface area contributed by atoms with Crippen molar-refractivity contribution in [2.75, 3.05) is 0 Å². The molecule has 2 rings (SSSR count). The Kier molecular flexibility index (Phi) is 3.47. The first-order chi connectivity index (χ1) is 7.65. The number of hydrogen-bond donors (Lipinski definition) is 1. The summed E-state index contributed by atoms with van der Waals surface area (Å²) >= 11 is 8.25. The van der Waals surface area contributed by atoms with E-state index in [1.165, 1.54) is 29.2 Å². The van der Waals surface area contributed by atoms with Crippen molar-refractivity contribution < 1.29 is 14.3 Å². The Hall–Kier alpha value is -1.05. The lowest BCUT2D eigenvalue weighted by Gasteiger charge is -1.92. The Morgan fingerprint density at radius 1 is 1.56 bits per heavy atom. The highest BCUT2D eigenvalue weighted by Crippen LogP contribution is 2.27. The van der Waals surface area contributed by atoms with Crippen molar-refractivity contribution in [3.63, 3.8) is 0 Å². The predicted molar refractivity (Wildman–Crippen MR) is 60.1 cm³/mol. The van der Waals surface area contributed by atoms with Crippen molar-refractivity contribution >= 4 is 40.7 Å². The molecule has 84 valence electrons. The first-order valence-electron chi connectivity index (χ1n) is 4.09. The molecule has 0 saturated heterocycles. The highest BCUT2D eigenvalue weighted by molar-refractivity contribution is 7.98. The van der Waals surface area contributed by atoms with Crippen LogP contribution in [0.2, 0.25) is 4.47 Å². The van der Waals surface area contributed by atoms with Gasteiger partial charge in [-0.05, 0) is 23.7 Å². The molecule has 2 aromatic heterocycles. The van der Waals surface area contributed by atoms with Crippen molar-refractivity contribution in [2.45, 2.75) is 10.8 Å². The van der Waals surface area contributed by atoms with Crippen molar-refractivity contribution in [1.82, 2.24) is 10.2 Å². The van der Waals surface area contributed by atoms with Gasteiger partial charge in [-0.25, -0.2) is 4.79 Å². The maximum absolute atomic E-state index is 10.6. The second-order valence-electron chi connectivity index (χ2n) is 2.66. The average molecular weight is 277 g/mol. The molecule has 0 amide bonds. The topological polar surface area (TPSA) is 76.2 Å². The first kappa shape index (κ1) is 11.4. The van der Waals surface area contributed by atoms with Crippen LogP contribution in [0.15, 0.2) is 21.6 Å². The number of aromatic nitrogens is 2. The Morgan fingerprint density at radius 2 is 2.38 bits per heavy atom. The Labute approximate surface area is 103 Å². The maximum Gasteiger partial charge on any atom is 0.371 e. The Morgan fingerprint density at radius 3 is 2.94 bits per heavy atom. The van der Waals surface area contributed by atoms with Gasteiger partial charge < -0.3 is 9.52 Å². The zero-order chi connectivity index (χ0) is 11.5. The van der Waals surface area contributed by atoms with Crippen molar-refractivity contribution in [1.29, 1.82) is 0 Å². The second-order valence-corrected chi connectivity index (χ2v) is 5.29. The molecule has 1 N–H and O–H groups in total. The average Bonchev–Trinajstić information content (AvgIpc) is 2.83. The molecule has 16 heavy (non-hydrogen) atoms. The molecule has 0 saturated carbocycles. The molecule has 2 heterocycles. The van der Waals surface area contributed by atoms with Crippen LogP contribution in [0.25, 0.3) is 0 Å². The van der Waals surface area contributed by atoms with Gasteiger partial charge in [-0.15, -0.1) is 10.2 Å². The van der Waals surface area contributed by atoms with Crippen LogP contribution < -0.4 is 0 Å².